The summed E-state index contributed by atoms with van der Waals surface area (Å²) in [6.45, 7) is 11.3. The van der Waals surface area contributed by atoms with Crippen LogP contribution in [0.2, 0.25) is 39.3 Å². The minimum absolute atomic E-state index is 0. The van der Waals surface area contributed by atoms with E-state index in [4.69, 9.17) is 9.59 Å². The topological polar surface area (TPSA) is 74.0 Å². The van der Waals surface area contributed by atoms with E-state index < -0.39 is 16.6 Å². The van der Waals surface area contributed by atoms with Crippen LogP contribution < -0.4 is 0 Å². The molecule has 0 rings (SSSR count). The van der Waals surface area contributed by atoms with Crippen molar-refractivity contribution in [2.24, 2.45) is 0 Å². The molecule has 12 heavy (non-hydrogen) atoms. The van der Waals surface area contributed by atoms with Gasteiger partial charge in [0.05, 0.1) is 0 Å². The molecule has 0 saturated carbocycles. The normalized spacial score (nSPS) is 10.0. The molecule has 0 aromatic heterocycles. The van der Waals surface area contributed by atoms with E-state index in [1.807, 2.05) is 39.3 Å². The van der Waals surface area contributed by atoms with E-state index in [2.05, 4.69) is 0 Å². The second kappa shape index (κ2) is 8.53. The third kappa shape index (κ3) is 1230. The van der Waals surface area contributed by atoms with Crippen molar-refractivity contribution in [1.82, 2.24) is 0 Å². The maximum atomic E-state index is 8.66. The summed E-state index contributed by atoms with van der Waals surface area (Å²) in [4.78, 5) is 17.3. The summed E-state index contributed by atoms with van der Waals surface area (Å²) in [5, 5.41) is 0. The van der Waals surface area contributed by atoms with E-state index in [9.17, 15) is 0 Å². The molecule has 0 unspecified atom stereocenters. The Kier molecular flexibility index (Phi) is 16.4. The first kappa shape index (κ1) is 23.1. The summed E-state index contributed by atoms with van der Waals surface area (Å²) < 4.78 is 0. The van der Waals surface area contributed by atoms with E-state index in [0.717, 1.165) is 0 Å². The van der Waals surface area contributed by atoms with E-state index in [0.29, 0.717) is 0 Å². The third-order valence-corrected chi connectivity index (χ3v) is 0. The van der Waals surface area contributed by atoms with Gasteiger partial charge in [0.1, 0.15) is 0 Å². The molecule has 0 saturated heterocycles. The van der Waals surface area contributed by atoms with Crippen LogP contribution >= 0.6 is 0 Å². The van der Waals surface area contributed by atoms with Crippen molar-refractivity contribution in [1.29, 1.82) is 0 Å². The summed E-state index contributed by atoms with van der Waals surface area (Å²) in [7, 11) is -3.22. The van der Waals surface area contributed by atoms with Crippen LogP contribution in [0.3, 0.4) is 0 Å². The molecule has 0 bridgehead atoms. The molecule has 0 aromatic rings. The fourth-order valence-corrected chi connectivity index (χ4v) is 0. The average Bonchev–Trinajstić information content (AvgIpc) is 1.12. The summed E-state index contributed by atoms with van der Waals surface area (Å²) in [5.74, 6) is 0. The summed E-state index contributed by atoms with van der Waals surface area (Å²) >= 11 is 0. The van der Waals surface area contributed by atoms with Crippen LogP contribution in [0.4, 0.5) is 0 Å². The Balaban J connectivity index is -0.0000000457. The maximum Gasteiger partial charge on any atom is 0.179 e. The molecule has 3 nitrogen and oxygen atoms in total. The maximum absolute atomic E-state index is 8.66. The standard InChI is InChI=1S/2C3H10OSi.H2N.Zn/c2*1-5(2,3)4;;/h2*4H,1-3H3;1H2;/q;;-1;. The molecule has 0 spiro atoms. The summed E-state index contributed by atoms with van der Waals surface area (Å²) in [6, 6.07) is 0. The SMILES string of the molecule is C[Si](C)(C)O.C[Si](C)(C)O.[NH2-].[Zn]. The van der Waals surface area contributed by atoms with E-state index in [-0.39, 0.29) is 25.6 Å². The zero-order valence-electron chi connectivity index (χ0n) is 9.18. The Morgan fingerprint density at radius 3 is 0.667 bits per heavy atom. The van der Waals surface area contributed by atoms with Crippen LogP contribution in [0.1, 0.15) is 0 Å². The van der Waals surface area contributed by atoms with E-state index >= 15 is 0 Å². The van der Waals surface area contributed by atoms with Gasteiger partial charge in [-0.1, -0.05) is 0 Å². The van der Waals surface area contributed by atoms with Gasteiger partial charge in [0.25, 0.3) is 0 Å². The zero-order valence-corrected chi connectivity index (χ0v) is 14.1. The van der Waals surface area contributed by atoms with Gasteiger partial charge in [-0.25, -0.2) is 0 Å². The van der Waals surface area contributed by atoms with Gasteiger partial charge in [0.2, 0.25) is 0 Å². The van der Waals surface area contributed by atoms with Gasteiger partial charge in [0, 0.05) is 19.5 Å². The zero-order chi connectivity index (χ0) is 9.00. The van der Waals surface area contributed by atoms with Crippen LogP contribution in [0, 0.1) is 0 Å². The number of rotatable bonds is 0. The van der Waals surface area contributed by atoms with Gasteiger partial charge in [-0.2, -0.15) is 0 Å². The largest absolute Gasteiger partial charge is 0.693 e. The molecular weight excluding hydrogens is 240 g/mol. The van der Waals surface area contributed by atoms with Crippen molar-refractivity contribution < 1.29 is 29.1 Å². The van der Waals surface area contributed by atoms with Crippen molar-refractivity contribution >= 4 is 16.6 Å². The molecule has 0 aromatic carbocycles. The Morgan fingerprint density at radius 2 is 0.667 bits per heavy atom. The average molecular weight is 262 g/mol. The molecule has 0 amide bonds. The van der Waals surface area contributed by atoms with Gasteiger partial charge >= 0.3 is 0 Å². The molecule has 4 N–H and O–H groups in total. The molecule has 74 valence electrons. The van der Waals surface area contributed by atoms with E-state index in [1.54, 1.807) is 0 Å². The van der Waals surface area contributed by atoms with Gasteiger partial charge in [0.15, 0.2) is 16.6 Å². The summed E-state index contributed by atoms with van der Waals surface area (Å²) in [5.41, 5.74) is 0. The monoisotopic (exact) mass is 260 g/mol. The molecule has 0 aliphatic heterocycles. The van der Waals surface area contributed by atoms with Crippen molar-refractivity contribution in [2.75, 3.05) is 0 Å². The first-order valence-electron chi connectivity index (χ1n) is 3.45. The smallest absolute Gasteiger partial charge is 0.179 e. The minimum atomic E-state index is -1.61. The predicted octanol–water partition coefficient (Wildman–Crippen LogP) is 2.34. The number of nitrogens with two attached hydrogens (primary N) is 1. The third-order valence-electron chi connectivity index (χ3n) is 0. The Labute approximate surface area is 91.2 Å². The van der Waals surface area contributed by atoms with Gasteiger partial charge in [-0.3, -0.25) is 0 Å². The minimum Gasteiger partial charge on any atom is -0.693 e. The predicted molar refractivity (Wildman–Crippen MR) is 56.4 cm³/mol. The van der Waals surface area contributed by atoms with Gasteiger partial charge in [-0.15, -0.1) is 0 Å². The molecular formula is C6H22NO2Si2Zn-. The molecule has 0 atom stereocenters. The van der Waals surface area contributed by atoms with Crippen molar-refractivity contribution in [2.45, 2.75) is 39.3 Å². The molecule has 0 radical (unpaired) electrons. The van der Waals surface area contributed by atoms with Gasteiger partial charge < -0.3 is 15.7 Å². The first-order chi connectivity index (χ1) is 4.00. The molecule has 0 fully saturated rings. The second-order valence-electron chi connectivity index (χ2n) is 4.34. The number of hydrogen-bond donors (Lipinski definition) is 2. The molecule has 0 heterocycles. The van der Waals surface area contributed by atoms with Crippen LogP contribution in [-0.2, 0) is 19.5 Å². The fraction of sp³-hybridized carbons (Fsp3) is 1.00. The first-order valence-corrected chi connectivity index (χ1v) is 10.3. The van der Waals surface area contributed by atoms with Gasteiger partial charge in [-0.05, 0) is 39.3 Å². The quantitative estimate of drug-likeness (QED) is 0.657. The van der Waals surface area contributed by atoms with Crippen LogP contribution in [0.15, 0.2) is 0 Å². The van der Waals surface area contributed by atoms with Crippen molar-refractivity contribution in [3.05, 3.63) is 6.15 Å². The fourth-order valence-electron chi connectivity index (χ4n) is 0. The van der Waals surface area contributed by atoms with Crippen molar-refractivity contribution in [3.63, 3.8) is 0 Å². The molecule has 6 heteroatoms. The van der Waals surface area contributed by atoms with E-state index in [1.165, 1.54) is 0 Å². The van der Waals surface area contributed by atoms with Crippen LogP contribution in [0.5, 0.6) is 0 Å². The Morgan fingerprint density at radius 1 is 0.667 bits per heavy atom. The van der Waals surface area contributed by atoms with Crippen LogP contribution in [-0.4, -0.2) is 26.2 Å². The summed E-state index contributed by atoms with van der Waals surface area (Å²) in [6.07, 6.45) is 0. The molecule has 0 aliphatic rings. The Hall–Kier alpha value is 0.937. The Bertz CT molecular complexity index is 66.5. The van der Waals surface area contributed by atoms with Crippen LogP contribution in [0.25, 0.3) is 6.15 Å². The molecule has 0 aliphatic carbocycles. The number of hydrogen-bond acceptors (Lipinski definition) is 2. The van der Waals surface area contributed by atoms with Crippen molar-refractivity contribution in [3.8, 4) is 0 Å². The second-order valence-corrected chi connectivity index (χ2v) is 13.0.